The molecule has 0 atom stereocenters. The van der Waals surface area contributed by atoms with Crippen molar-refractivity contribution in [1.82, 2.24) is 10.4 Å². The highest BCUT2D eigenvalue weighted by atomic mass is 16.6. The SMILES string of the molecule is Cc1c([N+](=O)[O-])ccc2c1C(N1Cc3ccccc3C1=O)=C(NO)C(C)(C)O2. The van der Waals surface area contributed by atoms with Crippen molar-refractivity contribution >= 4 is 17.3 Å². The van der Waals surface area contributed by atoms with E-state index in [2.05, 4.69) is 5.48 Å². The van der Waals surface area contributed by atoms with Gasteiger partial charge in [-0.3, -0.25) is 25.6 Å². The lowest BCUT2D eigenvalue weighted by molar-refractivity contribution is -0.385. The Morgan fingerprint density at radius 2 is 1.96 bits per heavy atom. The van der Waals surface area contributed by atoms with Crippen molar-refractivity contribution in [3.63, 3.8) is 0 Å². The first-order valence-corrected chi connectivity index (χ1v) is 8.78. The Kier molecular flexibility index (Phi) is 3.90. The Morgan fingerprint density at radius 1 is 1.25 bits per heavy atom. The maximum absolute atomic E-state index is 13.1. The van der Waals surface area contributed by atoms with Crippen molar-refractivity contribution in [2.45, 2.75) is 32.9 Å². The molecule has 0 spiro atoms. The third-order valence-corrected chi connectivity index (χ3v) is 5.24. The van der Waals surface area contributed by atoms with Gasteiger partial charge in [-0.2, -0.15) is 0 Å². The minimum atomic E-state index is -0.977. The van der Waals surface area contributed by atoms with E-state index in [1.54, 1.807) is 32.9 Å². The second-order valence-electron chi connectivity index (χ2n) is 7.34. The number of carbonyl (C=O) groups excluding carboxylic acids is 1. The minimum Gasteiger partial charge on any atom is -0.481 e. The van der Waals surface area contributed by atoms with E-state index in [0.717, 1.165) is 5.56 Å². The zero-order valence-electron chi connectivity index (χ0n) is 15.6. The number of nitrogens with zero attached hydrogens (tertiary/aromatic N) is 2. The average Bonchev–Trinajstić information content (AvgIpc) is 2.96. The highest BCUT2D eigenvalue weighted by molar-refractivity contribution is 6.04. The van der Waals surface area contributed by atoms with E-state index >= 15 is 0 Å². The average molecular weight is 381 g/mol. The summed E-state index contributed by atoms with van der Waals surface area (Å²) in [5.41, 5.74) is 3.98. The van der Waals surface area contributed by atoms with Gasteiger partial charge in [0, 0.05) is 17.2 Å². The molecule has 2 aromatic rings. The molecule has 28 heavy (non-hydrogen) atoms. The zero-order chi connectivity index (χ0) is 20.2. The molecule has 0 aromatic heterocycles. The van der Waals surface area contributed by atoms with Gasteiger partial charge in [-0.15, -0.1) is 0 Å². The normalized spacial score (nSPS) is 17.1. The summed E-state index contributed by atoms with van der Waals surface area (Å²) in [5.74, 6) is 0.193. The third-order valence-electron chi connectivity index (χ3n) is 5.24. The summed E-state index contributed by atoms with van der Waals surface area (Å²) in [6.07, 6.45) is 0. The molecule has 1 amide bonds. The van der Waals surface area contributed by atoms with Gasteiger partial charge >= 0.3 is 0 Å². The van der Waals surface area contributed by atoms with Crippen molar-refractivity contribution in [2.75, 3.05) is 0 Å². The molecule has 0 unspecified atom stereocenters. The maximum Gasteiger partial charge on any atom is 0.273 e. The van der Waals surface area contributed by atoms with Gasteiger partial charge < -0.3 is 9.64 Å². The van der Waals surface area contributed by atoms with Crippen LogP contribution in [0.4, 0.5) is 5.69 Å². The van der Waals surface area contributed by atoms with Crippen molar-refractivity contribution < 1.29 is 19.7 Å². The molecule has 2 heterocycles. The lowest BCUT2D eigenvalue weighted by Crippen LogP contribution is -2.43. The van der Waals surface area contributed by atoms with Gasteiger partial charge in [0.15, 0.2) is 0 Å². The lowest BCUT2D eigenvalue weighted by atomic mass is 9.91. The van der Waals surface area contributed by atoms with E-state index in [-0.39, 0.29) is 17.3 Å². The van der Waals surface area contributed by atoms with Gasteiger partial charge in [0.05, 0.1) is 22.7 Å². The van der Waals surface area contributed by atoms with Gasteiger partial charge in [0.1, 0.15) is 17.0 Å². The molecular formula is C20H19N3O5. The quantitative estimate of drug-likeness (QED) is 0.624. The number of benzene rings is 2. The van der Waals surface area contributed by atoms with E-state index in [1.807, 2.05) is 12.1 Å². The van der Waals surface area contributed by atoms with Crippen LogP contribution in [0.3, 0.4) is 0 Å². The number of ether oxygens (including phenoxy) is 1. The van der Waals surface area contributed by atoms with Crippen molar-refractivity contribution in [1.29, 1.82) is 0 Å². The highest BCUT2D eigenvalue weighted by Crippen LogP contribution is 2.46. The molecule has 8 nitrogen and oxygen atoms in total. The molecule has 0 aliphatic carbocycles. The maximum atomic E-state index is 13.1. The monoisotopic (exact) mass is 381 g/mol. The van der Waals surface area contributed by atoms with Gasteiger partial charge in [0.2, 0.25) is 0 Å². The molecule has 2 aliphatic rings. The molecule has 0 radical (unpaired) electrons. The second kappa shape index (κ2) is 6.07. The van der Waals surface area contributed by atoms with Crippen LogP contribution in [0.5, 0.6) is 5.75 Å². The fraction of sp³-hybridized carbons (Fsp3) is 0.250. The smallest absolute Gasteiger partial charge is 0.273 e. The number of carbonyl (C=O) groups is 1. The molecule has 0 bridgehead atoms. The summed E-state index contributed by atoms with van der Waals surface area (Å²) in [6.45, 7) is 5.41. The van der Waals surface area contributed by atoms with Crippen LogP contribution in [-0.4, -0.2) is 26.5 Å². The van der Waals surface area contributed by atoms with E-state index in [0.29, 0.717) is 34.7 Å². The molecule has 4 rings (SSSR count). The number of rotatable bonds is 3. The summed E-state index contributed by atoms with van der Waals surface area (Å²) in [7, 11) is 0. The summed E-state index contributed by atoms with van der Waals surface area (Å²) >= 11 is 0. The van der Waals surface area contributed by atoms with Gasteiger partial charge in [-0.25, -0.2) is 0 Å². The van der Waals surface area contributed by atoms with Gasteiger partial charge in [-0.1, -0.05) is 18.2 Å². The molecule has 144 valence electrons. The number of nitrogens with one attached hydrogen (secondary N) is 1. The molecule has 0 saturated carbocycles. The topological polar surface area (TPSA) is 105 Å². The molecular weight excluding hydrogens is 362 g/mol. The van der Waals surface area contributed by atoms with Crippen LogP contribution >= 0.6 is 0 Å². The molecule has 2 aliphatic heterocycles. The summed E-state index contributed by atoms with van der Waals surface area (Å²) in [4.78, 5) is 25.6. The Hall–Kier alpha value is -3.39. The van der Waals surface area contributed by atoms with Crippen LogP contribution in [0, 0.1) is 17.0 Å². The van der Waals surface area contributed by atoms with E-state index in [9.17, 15) is 20.1 Å². The van der Waals surface area contributed by atoms with Crippen LogP contribution in [-0.2, 0) is 6.54 Å². The number of hydroxylamine groups is 1. The predicted octanol–water partition coefficient (Wildman–Crippen LogP) is 3.38. The minimum absolute atomic E-state index is 0.0824. The standard InChI is InChI=1S/C20H19N3O5/c1-11-14(23(26)27)8-9-15-16(11)17(18(21-25)20(2,3)28-15)22-10-12-6-4-5-7-13(12)19(22)24/h4-9,21,25H,10H2,1-3H3. The van der Waals surface area contributed by atoms with E-state index in [4.69, 9.17) is 4.74 Å². The second-order valence-corrected chi connectivity index (χ2v) is 7.34. The molecule has 0 saturated heterocycles. The number of fused-ring (bicyclic) bond motifs is 2. The molecule has 0 fully saturated rings. The predicted molar refractivity (Wildman–Crippen MR) is 101 cm³/mol. The summed E-state index contributed by atoms with van der Waals surface area (Å²) < 4.78 is 6.00. The molecule has 2 aromatic carbocycles. The third kappa shape index (κ3) is 2.45. The number of nitro groups is 1. The summed E-state index contributed by atoms with van der Waals surface area (Å²) in [6, 6.07) is 10.2. The molecule has 2 N–H and O–H groups in total. The summed E-state index contributed by atoms with van der Waals surface area (Å²) in [5, 5.41) is 21.4. The highest BCUT2D eigenvalue weighted by Gasteiger charge is 2.43. The number of hydrogen-bond acceptors (Lipinski definition) is 6. The van der Waals surface area contributed by atoms with Crippen molar-refractivity contribution in [3.8, 4) is 5.75 Å². The first-order chi connectivity index (χ1) is 13.3. The van der Waals surface area contributed by atoms with Crippen LogP contribution < -0.4 is 10.2 Å². The van der Waals surface area contributed by atoms with Crippen LogP contribution in [0.25, 0.3) is 5.70 Å². The van der Waals surface area contributed by atoms with Crippen molar-refractivity contribution in [3.05, 3.63) is 74.5 Å². The first-order valence-electron chi connectivity index (χ1n) is 8.78. The van der Waals surface area contributed by atoms with Crippen LogP contribution in [0.15, 0.2) is 42.1 Å². The number of hydrogen-bond donors (Lipinski definition) is 2. The Morgan fingerprint density at radius 3 is 2.61 bits per heavy atom. The fourth-order valence-corrected chi connectivity index (χ4v) is 3.88. The number of amides is 1. The van der Waals surface area contributed by atoms with Crippen LogP contribution in [0.2, 0.25) is 0 Å². The van der Waals surface area contributed by atoms with Gasteiger partial charge in [0.25, 0.3) is 11.6 Å². The van der Waals surface area contributed by atoms with Gasteiger partial charge in [-0.05, 0) is 38.5 Å². The first kappa shape index (κ1) is 18.0. The Bertz CT molecular complexity index is 1060. The fourth-order valence-electron chi connectivity index (χ4n) is 3.88. The largest absolute Gasteiger partial charge is 0.481 e. The zero-order valence-corrected chi connectivity index (χ0v) is 15.6. The van der Waals surface area contributed by atoms with E-state index in [1.165, 1.54) is 17.0 Å². The number of nitro benzene ring substituents is 1. The van der Waals surface area contributed by atoms with Crippen LogP contribution in [0.1, 0.15) is 40.9 Å². The van der Waals surface area contributed by atoms with Crippen molar-refractivity contribution in [2.24, 2.45) is 0 Å². The Balaban J connectivity index is 1.99. The molecule has 8 heteroatoms. The van der Waals surface area contributed by atoms with E-state index < -0.39 is 10.5 Å². The Labute approximate surface area is 161 Å². The lowest BCUT2D eigenvalue weighted by Gasteiger charge is -2.39.